The van der Waals surface area contributed by atoms with Crippen molar-refractivity contribution in [3.05, 3.63) is 52.1 Å². The number of aromatic nitrogens is 1. The molecule has 0 amide bonds. The largest absolute Gasteiger partial charge is 0.248 e. The minimum Gasteiger partial charge on any atom is -0.248 e. The molecule has 0 spiro atoms. The lowest BCUT2D eigenvalue weighted by atomic mass is 10.2. The maximum atomic E-state index is 9.13. The molecule has 0 bridgehead atoms. The molecular formula is C13H9BrN2S. The highest BCUT2D eigenvalue weighted by atomic mass is 79.9. The van der Waals surface area contributed by atoms with E-state index in [0.717, 1.165) is 20.0 Å². The van der Waals surface area contributed by atoms with Gasteiger partial charge in [-0.2, -0.15) is 5.26 Å². The van der Waals surface area contributed by atoms with Crippen molar-refractivity contribution >= 4 is 27.7 Å². The van der Waals surface area contributed by atoms with Crippen molar-refractivity contribution in [3.8, 4) is 6.07 Å². The van der Waals surface area contributed by atoms with Crippen LogP contribution in [0.4, 0.5) is 0 Å². The molecule has 84 valence electrons. The number of hydrogen-bond acceptors (Lipinski definition) is 3. The van der Waals surface area contributed by atoms with E-state index in [9.17, 15) is 0 Å². The fraction of sp³-hybridized carbons (Fsp3) is 0.0769. The number of nitrogens with zero attached hydrogens (tertiary/aromatic N) is 2. The highest BCUT2D eigenvalue weighted by Gasteiger charge is 2.09. The highest BCUT2D eigenvalue weighted by molar-refractivity contribution is 9.10. The van der Waals surface area contributed by atoms with E-state index in [-0.39, 0.29) is 0 Å². The molecule has 0 radical (unpaired) electrons. The molecule has 2 rings (SSSR count). The molecule has 0 aliphatic heterocycles. The lowest BCUT2D eigenvalue weighted by molar-refractivity contribution is 1.08. The quantitative estimate of drug-likeness (QED) is 0.835. The number of hydrogen-bond donors (Lipinski definition) is 0. The van der Waals surface area contributed by atoms with Gasteiger partial charge in [0.1, 0.15) is 11.1 Å². The Morgan fingerprint density at radius 1 is 1.29 bits per heavy atom. The van der Waals surface area contributed by atoms with Crippen molar-refractivity contribution in [3.63, 3.8) is 0 Å². The summed E-state index contributed by atoms with van der Waals surface area (Å²) in [4.78, 5) is 5.32. The Hall–Kier alpha value is -1.31. The second-order valence-corrected chi connectivity index (χ2v) is 5.34. The Labute approximate surface area is 113 Å². The van der Waals surface area contributed by atoms with Gasteiger partial charge >= 0.3 is 0 Å². The first-order valence-corrected chi connectivity index (χ1v) is 6.61. The molecule has 17 heavy (non-hydrogen) atoms. The summed E-state index contributed by atoms with van der Waals surface area (Å²) in [5.74, 6) is 0. The van der Waals surface area contributed by atoms with Gasteiger partial charge in [-0.3, -0.25) is 0 Å². The maximum absolute atomic E-state index is 9.13. The third-order valence-electron chi connectivity index (χ3n) is 2.28. The second-order valence-electron chi connectivity index (χ2n) is 3.45. The van der Waals surface area contributed by atoms with E-state index < -0.39 is 0 Å². The van der Waals surface area contributed by atoms with E-state index in [4.69, 9.17) is 5.26 Å². The monoisotopic (exact) mass is 304 g/mol. The van der Waals surface area contributed by atoms with Crippen molar-refractivity contribution in [2.45, 2.75) is 16.8 Å². The van der Waals surface area contributed by atoms with Gasteiger partial charge < -0.3 is 0 Å². The summed E-state index contributed by atoms with van der Waals surface area (Å²) in [5, 5.41) is 9.88. The normalized spacial score (nSPS) is 9.94. The van der Waals surface area contributed by atoms with Crippen LogP contribution in [0.1, 0.15) is 11.1 Å². The van der Waals surface area contributed by atoms with Gasteiger partial charge in [0.05, 0.1) is 5.56 Å². The van der Waals surface area contributed by atoms with Crippen LogP contribution in [-0.2, 0) is 0 Å². The van der Waals surface area contributed by atoms with Gasteiger partial charge in [-0.05, 0) is 46.6 Å². The van der Waals surface area contributed by atoms with Crippen molar-refractivity contribution in [2.75, 3.05) is 0 Å². The highest BCUT2D eigenvalue weighted by Crippen LogP contribution is 2.34. The van der Waals surface area contributed by atoms with Crippen LogP contribution >= 0.6 is 27.7 Å². The fourth-order valence-electron chi connectivity index (χ4n) is 1.38. The minimum atomic E-state index is 0.647. The SMILES string of the molecule is Cc1ccnc(Sc2ccccc2Br)c1C#N. The Morgan fingerprint density at radius 2 is 2.06 bits per heavy atom. The number of benzene rings is 1. The molecular weight excluding hydrogens is 296 g/mol. The van der Waals surface area contributed by atoms with Crippen molar-refractivity contribution < 1.29 is 0 Å². The minimum absolute atomic E-state index is 0.647. The zero-order valence-corrected chi connectivity index (χ0v) is 11.5. The van der Waals surface area contributed by atoms with Gasteiger partial charge in [0, 0.05) is 15.6 Å². The van der Waals surface area contributed by atoms with Crippen LogP contribution in [0.3, 0.4) is 0 Å². The molecule has 0 atom stereocenters. The van der Waals surface area contributed by atoms with E-state index in [1.165, 1.54) is 11.8 Å². The standard InChI is InChI=1S/C13H9BrN2S/c1-9-6-7-16-13(10(9)8-15)17-12-5-3-2-4-11(12)14/h2-7H,1H3. The predicted molar refractivity (Wildman–Crippen MR) is 72.0 cm³/mol. The molecule has 2 nitrogen and oxygen atoms in total. The van der Waals surface area contributed by atoms with Gasteiger partial charge in [-0.15, -0.1) is 0 Å². The summed E-state index contributed by atoms with van der Waals surface area (Å²) in [6.45, 7) is 1.92. The molecule has 1 aromatic carbocycles. The molecule has 0 N–H and O–H groups in total. The first-order chi connectivity index (χ1) is 8.22. The van der Waals surface area contributed by atoms with Crippen LogP contribution in [0, 0.1) is 18.3 Å². The Kier molecular flexibility index (Phi) is 3.82. The second kappa shape index (κ2) is 5.35. The zero-order chi connectivity index (χ0) is 12.3. The van der Waals surface area contributed by atoms with Gasteiger partial charge in [-0.1, -0.05) is 23.9 Å². The summed E-state index contributed by atoms with van der Waals surface area (Å²) in [6.07, 6.45) is 1.73. The Morgan fingerprint density at radius 3 is 2.76 bits per heavy atom. The van der Waals surface area contributed by atoms with E-state index in [1.54, 1.807) is 6.20 Å². The molecule has 0 saturated carbocycles. The van der Waals surface area contributed by atoms with E-state index in [0.29, 0.717) is 5.56 Å². The molecule has 0 fully saturated rings. The van der Waals surface area contributed by atoms with Crippen LogP contribution in [0.15, 0.2) is 50.9 Å². The number of pyridine rings is 1. The molecule has 2 aromatic rings. The molecule has 0 saturated heterocycles. The lowest BCUT2D eigenvalue weighted by Crippen LogP contribution is -1.90. The average molecular weight is 305 g/mol. The van der Waals surface area contributed by atoms with Crippen LogP contribution in [0.5, 0.6) is 0 Å². The van der Waals surface area contributed by atoms with Gasteiger partial charge in [0.2, 0.25) is 0 Å². The average Bonchev–Trinajstić information content (AvgIpc) is 2.32. The molecule has 0 unspecified atom stereocenters. The van der Waals surface area contributed by atoms with Crippen molar-refractivity contribution in [2.24, 2.45) is 0 Å². The third-order valence-corrected chi connectivity index (χ3v) is 4.31. The van der Waals surface area contributed by atoms with Gasteiger partial charge in [0.25, 0.3) is 0 Å². The van der Waals surface area contributed by atoms with E-state index in [2.05, 4.69) is 27.0 Å². The van der Waals surface area contributed by atoms with Gasteiger partial charge in [0.15, 0.2) is 0 Å². The predicted octanol–water partition coefficient (Wildman–Crippen LogP) is 4.18. The molecule has 1 heterocycles. The first kappa shape index (κ1) is 12.2. The third kappa shape index (κ3) is 2.68. The molecule has 0 aliphatic carbocycles. The maximum Gasteiger partial charge on any atom is 0.119 e. The summed E-state index contributed by atoms with van der Waals surface area (Å²) in [7, 11) is 0. The van der Waals surface area contributed by atoms with Crippen molar-refractivity contribution in [1.29, 1.82) is 5.26 Å². The van der Waals surface area contributed by atoms with E-state index >= 15 is 0 Å². The summed E-state index contributed by atoms with van der Waals surface area (Å²) < 4.78 is 1.01. The number of halogens is 1. The Balaban J connectivity index is 2.41. The van der Waals surface area contributed by atoms with Crippen LogP contribution in [0.2, 0.25) is 0 Å². The zero-order valence-electron chi connectivity index (χ0n) is 9.14. The van der Waals surface area contributed by atoms with Crippen LogP contribution in [0.25, 0.3) is 0 Å². The fourth-order valence-corrected chi connectivity index (χ4v) is 2.85. The number of nitriles is 1. The lowest BCUT2D eigenvalue weighted by Gasteiger charge is -2.06. The topological polar surface area (TPSA) is 36.7 Å². The van der Waals surface area contributed by atoms with Crippen molar-refractivity contribution in [1.82, 2.24) is 4.98 Å². The number of rotatable bonds is 2. The molecule has 4 heteroatoms. The number of aryl methyl sites for hydroxylation is 1. The van der Waals surface area contributed by atoms with Crippen LogP contribution < -0.4 is 0 Å². The van der Waals surface area contributed by atoms with Crippen LogP contribution in [-0.4, -0.2) is 4.98 Å². The summed E-state index contributed by atoms with van der Waals surface area (Å²) in [6, 6.07) is 12.0. The van der Waals surface area contributed by atoms with E-state index in [1.807, 2.05) is 37.3 Å². The molecule has 1 aromatic heterocycles. The van der Waals surface area contributed by atoms with Gasteiger partial charge in [-0.25, -0.2) is 4.98 Å². The summed E-state index contributed by atoms with van der Waals surface area (Å²) in [5.41, 5.74) is 1.60. The smallest absolute Gasteiger partial charge is 0.119 e. The Bertz CT molecular complexity index is 590. The molecule has 0 aliphatic rings. The summed E-state index contributed by atoms with van der Waals surface area (Å²) >= 11 is 4.99. The first-order valence-electron chi connectivity index (χ1n) is 5.00.